The van der Waals surface area contributed by atoms with E-state index in [1.54, 1.807) is 11.0 Å². The average molecular weight is 340 g/mol. The zero-order valence-electron chi connectivity index (χ0n) is 14.4. The Kier molecular flexibility index (Phi) is 4.44. The standard InChI is InChI=1S/C19H20N2O4/c1-12(2)18-19(22)20(11-14-6-4-13(3)5-7-14)16-9-8-15(21(23)24)10-17(16)25-18/h4-10,12,18H,11H2,1-3H3. The summed E-state index contributed by atoms with van der Waals surface area (Å²) in [4.78, 5) is 25.1. The first-order chi connectivity index (χ1) is 11.9. The molecule has 0 saturated heterocycles. The molecule has 1 aliphatic heterocycles. The van der Waals surface area contributed by atoms with E-state index in [-0.39, 0.29) is 17.5 Å². The quantitative estimate of drug-likeness (QED) is 0.626. The molecule has 0 fully saturated rings. The third-order valence-electron chi connectivity index (χ3n) is 4.28. The lowest BCUT2D eigenvalue weighted by atomic mass is 10.0. The molecule has 0 saturated carbocycles. The molecule has 3 rings (SSSR count). The molecular weight excluding hydrogens is 320 g/mol. The van der Waals surface area contributed by atoms with Gasteiger partial charge in [0.1, 0.15) is 0 Å². The van der Waals surface area contributed by atoms with E-state index in [2.05, 4.69) is 0 Å². The number of anilines is 1. The molecule has 6 nitrogen and oxygen atoms in total. The fourth-order valence-corrected chi connectivity index (χ4v) is 2.85. The summed E-state index contributed by atoms with van der Waals surface area (Å²) in [5.41, 5.74) is 2.65. The summed E-state index contributed by atoms with van der Waals surface area (Å²) in [6, 6.07) is 12.3. The number of nitro benzene ring substituents is 1. The molecule has 130 valence electrons. The van der Waals surface area contributed by atoms with Gasteiger partial charge in [0.05, 0.1) is 23.2 Å². The molecule has 0 aromatic heterocycles. The van der Waals surface area contributed by atoms with Crippen LogP contribution in [0.3, 0.4) is 0 Å². The monoisotopic (exact) mass is 340 g/mol. The Labute approximate surface area is 146 Å². The van der Waals surface area contributed by atoms with Crippen molar-refractivity contribution in [1.29, 1.82) is 0 Å². The second-order valence-electron chi connectivity index (χ2n) is 6.60. The number of carbonyl (C=O) groups is 1. The summed E-state index contributed by atoms with van der Waals surface area (Å²) in [6.45, 7) is 6.20. The molecule has 0 N–H and O–H groups in total. The van der Waals surface area contributed by atoms with Gasteiger partial charge in [-0.1, -0.05) is 43.7 Å². The molecule has 0 radical (unpaired) electrons. The molecule has 25 heavy (non-hydrogen) atoms. The summed E-state index contributed by atoms with van der Waals surface area (Å²) in [7, 11) is 0. The Morgan fingerprint density at radius 3 is 2.48 bits per heavy atom. The van der Waals surface area contributed by atoms with Crippen molar-refractivity contribution in [1.82, 2.24) is 0 Å². The van der Waals surface area contributed by atoms with Gasteiger partial charge in [0.2, 0.25) is 0 Å². The predicted octanol–water partition coefficient (Wildman–Crippen LogP) is 3.85. The van der Waals surface area contributed by atoms with Gasteiger partial charge in [0, 0.05) is 6.07 Å². The molecule has 0 bridgehead atoms. The van der Waals surface area contributed by atoms with Crippen molar-refractivity contribution in [3.05, 3.63) is 63.7 Å². The van der Waals surface area contributed by atoms with Gasteiger partial charge in [-0.05, 0) is 24.5 Å². The molecule has 1 amide bonds. The maximum Gasteiger partial charge on any atom is 0.273 e. The fourth-order valence-electron chi connectivity index (χ4n) is 2.85. The summed E-state index contributed by atoms with van der Waals surface area (Å²) in [5.74, 6) is 0.206. The highest BCUT2D eigenvalue weighted by Gasteiger charge is 2.37. The minimum atomic E-state index is -0.653. The summed E-state index contributed by atoms with van der Waals surface area (Å²) >= 11 is 0. The van der Waals surface area contributed by atoms with Gasteiger partial charge in [-0.2, -0.15) is 0 Å². The largest absolute Gasteiger partial charge is 0.478 e. The van der Waals surface area contributed by atoms with Crippen LogP contribution >= 0.6 is 0 Å². The highest BCUT2D eigenvalue weighted by molar-refractivity contribution is 6.00. The third kappa shape index (κ3) is 3.33. The van der Waals surface area contributed by atoms with Gasteiger partial charge in [-0.3, -0.25) is 14.9 Å². The molecule has 6 heteroatoms. The Balaban J connectivity index is 2.01. The van der Waals surface area contributed by atoms with Gasteiger partial charge >= 0.3 is 0 Å². The van der Waals surface area contributed by atoms with Crippen LogP contribution in [0.2, 0.25) is 0 Å². The molecule has 1 atom stereocenters. The number of nitrogens with zero attached hydrogens (tertiary/aromatic N) is 2. The molecule has 1 unspecified atom stereocenters. The molecular formula is C19H20N2O4. The van der Waals surface area contributed by atoms with Crippen LogP contribution in [0.15, 0.2) is 42.5 Å². The molecule has 0 spiro atoms. The number of fused-ring (bicyclic) bond motifs is 1. The lowest BCUT2D eigenvalue weighted by molar-refractivity contribution is -0.384. The number of nitro groups is 1. The number of benzene rings is 2. The highest BCUT2D eigenvalue weighted by atomic mass is 16.6. The molecule has 0 aliphatic carbocycles. The van der Waals surface area contributed by atoms with E-state index in [9.17, 15) is 14.9 Å². The second kappa shape index (κ2) is 6.55. The lowest BCUT2D eigenvalue weighted by Crippen LogP contribution is -2.48. The minimum Gasteiger partial charge on any atom is -0.478 e. The predicted molar refractivity (Wildman–Crippen MR) is 94.7 cm³/mol. The van der Waals surface area contributed by atoms with Crippen LogP contribution in [0, 0.1) is 23.0 Å². The first-order valence-corrected chi connectivity index (χ1v) is 8.19. The number of non-ortho nitro benzene ring substituents is 1. The van der Waals surface area contributed by atoms with Crippen molar-refractivity contribution >= 4 is 17.3 Å². The zero-order valence-corrected chi connectivity index (χ0v) is 14.4. The molecule has 1 aliphatic rings. The number of hydrogen-bond acceptors (Lipinski definition) is 4. The average Bonchev–Trinajstić information content (AvgIpc) is 2.58. The van der Waals surface area contributed by atoms with E-state index in [0.717, 1.165) is 11.1 Å². The lowest BCUT2D eigenvalue weighted by Gasteiger charge is -2.36. The van der Waals surface area contributed by atoms with Gasteiger partial charge in [0.25, 0.3) is 11.6 Å². The summed E-state index contributed by atoms with van der Waals surface area (Å²) < 4.78 is 5.79. The Hall–Kier alpha value is -2.89. The smallest absolute Gasteiger partial charge is 0.273 e. The van der Waals surface area contributed by atoms with Crippen LogP contribution < -0.4 is 9.64 Å². The number of ether oxygens (including phenoxy) is 1. The van der Waals surface area contributed by atoms with Crippen LogP contribution in [0.25, 0.3) is 0 Å². The zero-order chi connectivity index (χ0) is 18.1. The van der Waals surface area contributed by atoms with Gasteiger partial charge in [-0.25, -0.2) is 0 Å². The van der Waals surface area contributed by atoms with Crippen molar-refractivity contribution in [2.75, 3.05) is 4.90 Å². The van der Waals surface area contributed by atoms with Crippen LogP contribution in [0.5, 0.6) is 5.75 Å². The first kappa shape index (κ1) is 17.0. The topological polar surface area (TPSA) is 72.7 Å². The van der Waals surface area contributed by atoms with Crippen molar-refractivity contribution < 1.29 is 14.5 Å². The number of amides is 1. The van der Waals surface area contributed by atoms with Gasteiger partial charge < -0.3 is 9.64 Å². The SMILES string of the molecule is Cc1ccc(CN2C(=O)C(C(C)C)Oc3cc([N+](=O)[O-])ccc32)cc1. The van der Waals surface area contributed by atoms with E-state index in [1.807, 2.05) is 45.0 Å². The van der Waals surface area contributed by atoms with Gasteiger partial charge in [0.15, 0.2) is 11.9 Å². The maximum atomic E-state index is 12.9. The number of rotatable bonds is 4. The maximum absolute atomic E-state index is 12.9. The van der Waals surface area contributed by atoms with E-state index < -0.39 is 11.0 Å². The van der Waals surface area contributed by atoms with E-state index in [1.165, 1.54) is 12.1 Å². The van der Waals surface area contributed by atoms with Crippen LogP contribution in [-0.4, -0.2) is 16.9 Å². The molecule has 1 heterocycles. The minimum absolute atomic E-state index is 0.0413. The van der Waals surface area contributed by atoms with E-state index in [0.29, 0.717) is 18.0 Å². The van der Waals surface area contributed by atoms with E-state index in [4.69, 9.17) is 4.74 Å². The van der Waals surface area contributed by atoms with E-state index >= 15 is 0 Å². The first-order valence-electron chi connectivity index (χ1n) is 8.19. The normalized spacial score (nSPS) is 16.6. The Morgan fingerprint density at radius 2 is 1.88 bits per heavy atom. The summed E-state index contributed by atoms with van der Waals surface area (Å²) in [5, 5.41) is 11.0. The van der Waals surface area contributed by atoms with Crippen LogP contribution in [-0.2, 0) is 11.3 Å². The number of carbonyl (C=O) groups excluding carboxylic acids is 1. The number of hydrogen-bond donors (Lipinski definition) is 0. The number of aryl methyl sites for hydroxylation is 1. The van der Waals surface area contributed by atoms with Crippen LogP contribution in [0.1, 0.15) is 25.0 Å². The van der Waals surface area contributed by atoms with Crippen molar-refractivity contribution in [3.8, 4) is 5.75 Å². The molecule has 2 aromatic rings. The molecule has 2 aromatic carbocycles. The third-order valence-corrected chi connectivity index (χ3v) is 4.28. The Bertz CT molecular complexity index is 815. The Morgan fingerprint density at radius 1 is 1.20 bits per heavy atom. The highest BCUT2D eigenvalue weighted by Crippen LogP contribution is 2.39. The van der Waals surface area contributed by atoms with Gasteiger partial charge in [-0.15, -0.1) is 0 Å². The summed E-state index contributed by atoms with van der Waals surface area (Å²) in [6.07, 6.45) is -0.653. The fraction of sp³-hybridized carbons (Fsp3) is 0.316. The van der Waals surface area contributed by atoms with Crippen LogP contribution in [0.4, 0.5) is 11.4 Å². The van der Waals surface area contributed by atoms with Crippen molar-refractivity contribution in [2.24, 2.45) is 5.92 Å². The van der Waals surface area contributed by atoms with Crippen molar-refractivity contribution in [3.63, 3.8) is 0 Å². The second-order valence-corrected chi connectivity index (χ2v) is 6.60. The van der Waals surface area contributed by atoms with Crippen molar-refractivity contribution in [2.45, 2.75) is 33.4 Å².